The van der Waals surface area contributed by atoms with Crippen molar-refractivity contribution in [3.8, 4) is 0 Å². The zero-order chi connectivity index (χ0) is 6.85. The van der Waals surface area contributed by atoms with Crippen LogP contribution in [-0.2, 0) is 0 Å². The van der Waals surface area contributed by atoms with Gasteiger partial charge in [0.15, 0.2) is 0 Å². The third-order valence-corrected chi connectivity index (χ3v) is 2.28. The van der Waals surface area contributed by atoms with Crippen LogP contribution in [0.4, 0.5) is 0 Å². The molecule has 0 aromatic heterocycles. The predicted octanol–water partition coefficient (Wildman–Crippen LogP) is 2.87. The molecule has 0 fully saturated rings. The third kappa shape index (κ3) is 1.33. The Bertz CT molecular complexity index is 196. The van der Waals surface area contributed by atoms with Gasteiger partial charge in [0.25, 0.3) is 0 Å². The molecule has 0 amide bonds. The molecular formula is C8H8Br. The second-order valence-corrected chi connectivity index (χ2v) is 2.97. The van der Waals surface area contributed by atoms with Crippen LogP contribution < -0.4 is 0 Å². The van der Waals surface area contributed by atoms with E-state index in [1.807, 2.05) is 12.1 Å². The smallest absolute Gasteiger partial charge is 0.0213 e. The summed E-state index contributed by atoms with van der Waals surface area (Å²) in [6.45, 7) is 4.17. The molecule has 0 unspecified atom stereocenters. The van der Waals surface area contributed by atoms with E-state index in [1.165, 1.54) is 11.1 Å². The molecule has 1 aromatic carbocycles. The zero-order valence-corrected chi connectivity index (χ0v) is 7.12. The lowest BCUT2D eigenvalue weighted by molar-refractivity contribution is 1.31. The number of hydrogen-bond donors (Lipinski definition) is 0. The van der Waals surface area contributed by atoms with Crippen molar-refractivity contribution in [3.05, 3.63) is 33.8 Å². The number of halogens is 1. The van der Waals surface area contributed by atoms with Crippen LogP contribution in [0.1, 0.15) is 11.1 Å². The first-order valence-electron chi connectivity index (χ1n) is 2.84. The number of aryl methyl sites for hydroxylation is 1. The molecule has 0 aliphatic carbocycles. The first-order chi connectivity index (χ1) is 4.22. The molecule has 0 saturated carbocycles. The van der Waals surface area contributed by atoms with Gasteiger partial charge in [0.05, 0.1) is 0 Å². The molecule has 9 heavy (non-hydrogen) atoms. The van der Waals surface area contributed by atoms with Crippen LogP contribution in [0, 0.1) is 19.9 Å². The summed E-state index contributed by atoms with van der Waals surface area (Å²) in [6, 6.07) is 6.94. The average Bonchev–Trinajstić information content (AvgIpc) is 1.83. The maximum atomic E-state index is 3.41. The van der Waals surface area contributed by atoms with Gasteiger partial charge in [0.2, 0.25) is 0 Å². The quantitative estimate of drug-likeness (QED) is 0.581. The van der Waals surface area contributed by atoms with Crippen LogP contribution in [0.5, 0.6) is 0 Å². The molecule has 0 atom stereocenters. The molecule has 0 nitrogen and oxygen atoms in total. The molecule has 0 bridgehead atoms. The molecule has 0 N–H and O–H groups in total. The van der Waals surface area contributed by atoms with Gasteiger partial charge in [-0.25, -0.2) is 0 Å². The van der Waals surface area contributed by atoms with Gasteiger partial charge in [-0.05, 0) is 37.1 Å². The van der Waals surface area contributed by atoms with Crippen molar-refractivity contribution in [2.24, 2.45) is 0 Å². The number of benzene rings is 1. The average molecular weight is 184 g/mol. The highest BCUT2D eigenvalue weighted by Crippen LogP contribution is 2.17. The summed E-state index contributed by atoms with van der Waals surface area (Å²) >= 11 is 3.41. The van der Waals surface area contributed by atoms with Gasteiger partial charge in [0.1, 0.15) is 0 Å². The molecule has 0 saturated heterocycles. The van der Waals surface area contributed by atoms with E-state index < -0.39 is 0 Å². The van der Waals surface area contributed by atoms with Crippen LogP contribution in [0.25, 0.3) is 0 Å². The molecule has 0 aliphatic heterocycles. The molecule has 1 radical (unpaired) electrons. The molecule has 0 spiro atoms. The summed E-state index contributed by atoms with van der Waals surface area (Å²) in [5.41, 5.74) is 2.58. The first-order valence-corrected chi connectivity index (χ1v) is 3.64. The topological polar surface area (TPSA) is 0 Å². The highest BCUT2D eigenvalue weighted by Gasteiger charge is 1.93. The summed E-state index contributed by atoms with van der Waals surface area (Å²) in [5.74, 6) is 0. The minimum atomic E-state index is 1.14. The SMILES string of the molecule is Cc1c[c]cc(Br)c1C. The van der Waals surface area contributed by atoms with Crippen molar-refractivity contribution < 1.29 is 0 Å². The van der Waals surface area contributed by atoms with E-state index >= 15 is 0 Å². The van der Waals surface area contributed by atoms with E-state index in [2.05, 4.69) is 35.8 Å². The molecule has 0 aliphatic rings. The van der Waals surface area contributed by atoms with Crippen molar-refractivity contribution in [2.75, 3.05) is 0 Å². The number of hydrogen-bond acceptors (Lipinski definition) is 0. The first kappa shape index (κ1) is 6.81. The Kier molecular flexibility index (Phi) is 1.91. The highest BCUT2D eigenvalue weighted by atomic mass is 79.9. The van der Waals surface area contributed by atoms with Crippen molar-refractivity contribution >= 4 is 15.9 Å². The van der Waals surface area contributed by atoms with Gasteiger partial charge in [-0.3, -0.25) is 0 Å². The maximum absolute atomic E-state index is 3.41. The second kappa shape index (κ2) is 2.53. The van der Waals surface area contributed by atoms with Gasteiger partial charge >= 0.3 is 0 Å². The second-order valence-electron chi connectivity index (χ2n) is 2.11. The van der Waals surface area contributed by atoms with E-state index in [4.69, 9.17) is 0 Å². The normalized spacial score (nSPS) is 9.67. The van der Waals surface area contributed by atoms with Crippen LogP contribution in [0.3, 0.4) is 0 Å². The maximum Gasteiger partial charge on any atom is 0.0213 e. The fourth-order valence-electron chi connectivity index (χ4n) is 0.645. The summed E-state index contributed by atoms with van der Waals surface area (Å²) in [7, 11) is 0. The van der Waals surface area contributed by atoms with E-state index in [0.29, 0.717) is 0 Å². The molecule has 1 heteroatoms. The predicted molar refractivity (Wildman–Crippen MR) is 42.5 cm³/mol. The van der Waals surface area contributed by atoms with Crippen LogP contribution in [0.2, 0.25) is 0 Å². The van der Waals surface area contributed by atoms with Gasteiger partial charge < -0.3 is 0 Å². The Labute approximate surface area is 64.0 Å². The lowest BCUT2D eigenvalue weighted by Crippen LogP contribution is -1.79. The van der Waals surface area contributed by atoms with Gasteiger partial charge in [-0.1, -0.05) is 22.0 Å². The van der Waals surface area contributed by atoms with Crippen LogP contribution in [0.15, 0.2) is 16.6 Å². The van der Waals surface area contributed by atoms with Crippen LogP contribution in [-0.4, -0.2) is 0 Å². The van der Waals surface area contributed by atoms with E-state index in [9.17, 15) is 0 Å². The lowest BCUT2D eigenvalue weighted by Gasteiger charge is -1.98. The minimum absolute atomic E-state index is 1.14. The number of rotatable bonds is 0. The molecule has 47 valence electrons. The van der Waals surface area contributed by atoms with Gasteiger partial charge in [-0.15, -0.1) is 0 Å². The minimum Gasteiger partial charge on any atom is -0.0511 e. The molecular weight excluding hydrogens is 176 g/mol. The van der Waals surface area contributed by atoms with Gasteiger partial charge in [-0.2, -0.15) is 0 Å². The summed E-state index contributed by atoms with van der Waals surface area (Å²) in [4.78, 5) is 0. The fraction of sp³-hybridized carbons (Fsp3) is 0.250. The molecule has 1 aromatic rings. The van der Waals surface area contributed by atoms with Crippen molar-refractivity contribution in [3.63, 3.8) is 0 Å². The van der Waals surface area contributed by atoms with Gasteiger partial charge in [0, 0.05) is 4.47 Å². The lowest BCUT2D eigenvalue weighted by atomic mass is 10.1. The summed E-state index contributed by atoms with van der Waals surface area (Å²) < 4.78 is 1.14. The zero-order valence-electron chi connectivity index (χ0n) is 5.53. The van der Waals surface area contributed by atoms with Crippen molar-refractivity contribution in [2.45, 2.75) is 13.8 Å². The van der Waals surface area contributed by atoms with Crippen molar-refractivity contribution in [1.82, 2.24) is 0 Å². The highest BCUT2D eigenvalue weighted by molar-refractivity contribution is 9.10. The third-order valence-electron chi connectivity index (χ3n) is 1.46. The van der Waals surface area contributed by atoms with Crippen LogP contribution >= 0.6 is 15.9 Å². The fourth-order valence-corrected chi connectivity index (χ4v) is 1.09. The van der Waals surface area contributed by atoms with E-state index in [0.717, 1.165) is 4.47 Å². The Balaban J connectivity index is 3.25. The monoisotopic (exact) mass is 183 g/mol. The van der Waals surface area contributed by atoms with E-state index in [1.54, 1.807) is 0 Å². The molecule has 0 heterocycles. The van der Waals surface area contributed by atoms with E-state index in [-0.39, 0.29) is 0 Å². The standard InChI is InChI=1S/C8H8Br/c1-6-4-3-5-8(9)7(6)2/h4-5H,1-2H3. The Morgan fingerprint density at radius 1 is 1.33 bits per heavy atom. The summed E-state index contributed by atoms with van der Waals surface area (Å²) in [5, 5.41) is 0. The Hall–Kier alpha value is -0.300. The Morgan fingerprint density at radius 3 is 2.44 bits per heavy atom. The van der Waals surface area contributed by atoms with Crippen molar-refractivity contribution in [1.29, 1.82) is 0 Å². The Morgan fingerprint density at radius 2 is 2.00 bits per heavy atom. The summed E-state index contributed by atoms with van der Waals surface area (Å²) in [6.07, 6.45) is 0. The molecule has 1 rings (SSSR count). The largest absolute Gasteiger partial charge is 0.0511 e.